The fourth-order valence-electron chi connectivity index (χ4n) is 3.30. The number of aromatic nitrogens is 2. The lowest BCUT2D eigenvalue weighted by Crippen LogP contribution is -2.29. The number of hydrogen-bond acceptors (Lipinski definition) is 7. The van der Waals surface area contributed by atoms with E-state index < -0.39 is 0 Å². The number of benzene rings is 2. The molecule has 0 aliphatic rings. The van der Waals surface area contributed by atoms with E-state index in [1.54, 1.807) is 37.3 Å². The van der Waals surface area contributed by atoms with Crippen LogP contribution >= 0.6 is 11.6 Å². The van der Waals surface area contributed by atoms with Crippen molar-refractivity contribution in [2.45, 2.75) is 20.8 Å². The molecule has 184 valence electrons. The van der Waals surface area contributed by atoms with Gasteiger partial charge in [-0.25, -0.2) is 9.97 Å². The second-order valence-corrected chi connectivity index (χ2v) is 8.38. The molecule has 0 aliphatic carbocycles. The van der Waals surface area contributed by atoms with Crippen LogP contribution < -0.4 is 21.3 Å². The predicted molar refractivity (Wildman–Crippen MR) is 138 cm³/mol. The van der Waals surface area contributed by atoms with Crippen molar-refractivity contribution in [3.8, 4) is 17.1 Å². The molecule has 0 saturated heterocycles. The van der Waals surface area contributed by atoms with Crippen LogP contribution in [-0.4, -0.2) is 53.1 Å². The molecule has 2 aromatic carbocycles. The molecule has 0 radical (unpaired) electrons. The molecule has 9 nitrogen and oxygen atoms in total. The topological polar surface area (TPSA) is 128 Å². The molecule has 10 heteroatoms. The minimum Gasteiger partial charge on any atom is -0.507 e. The summed E-state index contributed by atoms with van der Waals surface area (Å²) >= 11 is 6.02. The first-order valence-corrected chi connectivity index (χ1v) is 11.6. The van der Waals surface area contributed by atoms with Crippen molar-refractivity contribution in [1.82, 2.24) is 20.6 Å². The first-order valence-electron chi connectivity index (χ1n) is 11.2. The number of para-hydroxylation sites is 1. The van der Waals surface area contributed by atoms with E-state index in [1.165, 1.54) is 6.92 Å². The highest BCUT2D eigenvalue weighted by Crippen LogP contribution is 2.26. The smallest absolute Gasteiger partial charge is 0.255 e. The number of nitrogens with one attached hydrogen (secondary N) is 4. The van der Waals surface area contributed by atoms with Gasteiger partial charge in [0, 0.05) is 49.3 Å². The highest BCUT2D eigenvalue weighted by Gasteiger charge is 2.14. The van der Waals surface area contributed by atoms with E-state index in [4.69, 9.17) is 11.6 Å². The van der Waals surface area contributed by atoms with Crippen molar-refractivity contribution >= 4 is 35.1 Å². The second-order valence-electron chi connectivity index (χ2n) is 7.94. The zero-order valence-corrected chi connectivity index (χ0v) is 20.7. The molecule has 1 heterocycles. The molecule has 0 spiro atoms. The number of nitrogens with zero attached hydrogens (tertiary/aromatic N) is 2. The van der Waals surface area contributed by atoms with Gasteiger partial charge in [0.1, 0.15) is 17.4 Å². The van der Waals surface area contributed by atoms with E-state index in [0.29, 0.717) is 54.2 Å². The molecule has 0 atom stereocenters. The summed E-state index contributed by atoms with van der Waals surface area (Å²) in [6.45, 7) is 6.76. The zero-order chi connectivity index (χ0) is 25.4. The average molecular weight is 497 g/mol. The molecule has 3 rings (SSSR count). The Morgan fingerprint density at radius 3 is 2.09 bits per heavy atom. The van der Waals surface area contributed by atoms with E-state index in [2.05, 4.69) is 31.2 Å². The van der Waals surface area contributed by atoms with Gasteiger partial charge in [-0.3, -0.25) is 9.59 Å². The molecule has 35 heavy (non-hydrogen) atoms. The van der Waals surface area contributed by atoms with Crippen LogP contribution in [0.1, 0.15) is 28.4 Å². The number of amides is 2. The number of aromatic hydroxyl groups is 1. The normalized spacial score (nSPS) is 10.5. The number of anilines is 2. The van der Waals surface area contributed by atoms with Crippen molar-refractivity contribution in [2.24, 2.45) is 0 Å². The lowest BCUT2D eigenvalue weighted by atomic mass is 10.1. The number of rotatable bonds is 10. The van der Waals surface area contributed by atoms with Crippen LogP contribution in [0.5, 0.6) is 5.75 Å². The number of aryl methyl sites for hydroxylation is 1. The molecular formula is C25H29ClN6O3. The van der Waals surface area contributed by atoms with Crippen molar-refractivity contribution in [1.29, 1.82) is 0 Å². The summed E-state index contributed by atoms with van der Waals surface area (Å²) in [5, 5.41) is 22.8. The van der Waals surface area contributed by atoms with Crippen LogP contribution in [0, 0.1) is 13.8 Å². The second kappa shape index (κ2) is 12.0. The molecule has 2 amide bonds. The molecule has 0 saturated carbocycles. The monoisotopic (exact) mass is 496 g/mol. The van der Waals surface area contributed by atoms with Gasteiger partial charge in [-0.2, -0.15) is 0 Å². The number of hydrogen-bond donors (Lipinski definition) is 5. The van der Waals surface area contributed by atoms with E-state index in [9.17, 15) is 14.7 Å². The van der Waals surface area contributed by atoms with Crippen molar-refractivity contribution < 1.29 is 14.7 Å². The fraction of sp³-hybridized carbons (Fsp3) is 0.280. The maximum atomic E-state index is 12.4. The zero-order valence-electron chi connectivity index (χ0n) is 19.9. The van der Waals surface area contributed by atoms with E-state index in [1.807, 2.05) is 19.1 Å². The van der Waals surface area contributed by atoms with Crippen LogP contribution in [-0.2, 0) is 4.79 Å². The first kappa shape index (κ1) is 25.8. The summed E-state index contributed by atoms with van der Waals surface area (Å²) in [7, 11) is 0. The standard InChI is InChI=1S/C25H29ClN6O3/c1-15-5-4-6-20(21(15)34)25(35)30-14-13-29-23-16(2)22(28-12-11-27-17(3)33)31-24(32-23)18-7-9-19(26)10-8-18/h4-10,34H,11-14H2,1-3H3,(H,27,33)(H,30,35)(H2,28,29,31,32). The Morgan fingerprint density at radius 2 is 1.49 bits per heavy atom. The minimum atomic E-state index is -0.352. The van der Waals surface area contributed by atoms with Gasteiger partial charge < -0.3 is 26.4 Å². The van der Waals surface area contributed by atoms with Gasteiger partial charge in [0.05, 0.1) is 5.56 Å². The highest BCUT2D eigenvalue weighted by atomic mass is 35.5. The lowest BCUT2D eigenvalue weighted by molar-refractivity contribution is -0.118. The van der Waals surface area contributed by atoms with Gasteiger partial charge in [0.25, 0.3) is 5.91 Å². The van der Waals surface area contributed by atoms with Crippen LogP contribution in [0.4, 0.5) is 11.6 Å². The lowest BCUT2D eigenvalue weighted by Gasteiger charge is -2.16. The summed E-state index contributed by atoms with van der Waals surface area (Å²) in [4.78, 5) is 32.9. The van der Waals surface area contributed by atoms with Crippen LogP contribution in [0.2, 0.25) is 5.02 Å². The van der Waals surface area contributed by atoms with Crippen molar-refractivity contribution in [2.75, 3.05) is 36.8 Å². The third kappa shape index (κ3) is 7.07. The Labute approximate surface area is 209 Å². The molecule has 3 aromatic rings. The fourth-order valence-corrected chi connectivity index (χ4v) is 3.43. The molecule has 0 aliphatic heterocycles. The minimum absolute atomic E-state index is 0.0211. The van der Waals surface area contributed by atoms with Gasteiger partial charge in [-0.05, 0) is 49.7 Å². The molecular weight excluding hydrogens is 468 g/mol. The average Bonchev–Trinajstić information content (AvgIpc) is 2.83. The summed E-state index contributed by atoms with van der Waals surface area (Å²) in [6, 6.07) is 12.3. The molecule has 0 bridgehead atoms. The Bertz CT molecular complexity index is 1200. The maximum Gasteiger partial charge on any atom is 0.255 e. The SMILES string of the molecule is CC(=O)NCCNc1nc(-c2ccc(Cl)cc2)nc(NCCNC(=O)c2cccc(C)c2O)c1C. The van der Waals surface area contributed by atoms with Gasteiger partial charge in [-0.1, -0.05) is 23.7 Å². The van der Waals surface area contributed by atoms with Crippen LogP contribution in [0.15, 0.2) is 42.5 Å². The highest BCUT2D eigenvalue weighted by molar-refractivity contribution is 6.30. The number of halogens is 1. The summed E-state index contributed by atoms with van der Waals surface area (Å²) in [5.41, 5.74) is 2.47. The quantitative estimate of drug-likeness (QED) is 0.272. The molecule has 0 fully saturated rings. The molecule has 0 unspecified atom stereocenters. The number of carbonyl (C=O) groups excluding carboxylic acids is 2. The Hall–Kier alpha value is -3.85. The third-order valence-electron chi connectivity index (χ3n) is 5.23. The Balaban J connectivity index is 1.71. The molecule has 1 aromatic heterocycles. The van der Waals surface area contributed by atoms with Crippen molar-refractivity contribution in [3.05, 3.63) is 64.2 Å². The maximum absolute atomic E-state index is 12.4. The predicted octanol–water partition coefficient (Wildman–Crippen LogP) is 3.51. The summed E-state index contributed by atoms with van der Waals surface area (Å²) in [6.07, 6.45) is 0. The largest absolute Gasteiger partial charge is 0.507 e. The van der Waals surface area contributed by atoms with E-state index >= 15 is 0 Å². The van der Waals surface area contributed by atoms with Gasteiger partial charge in [-0.15, -0.1) is 0 Å². The van der Waals surface area contributed by atoms with Crippen molar-refractivity contribution in [3.63, 3.8) is 0 Å². The third-order valence-corrected chi connectivity index (χ3v) is 5.48. The summed E-state index contributed by atoms with van der Waals surface area (Å²) in [5.74, 6) is 1.27. The van der Waals surface area contributed by atoms with Gasteiger partial charge in [0.2, 0.25) is 5.91 Å². The Kier molecular flexibility index (Phi) is 8.86. The van der Waals surface area contributed by atoms with Gasteiger partial charge in [0.15, 0.2) is 5.82 Å². The first-order chi connectivity index (χ1) is 16.8. The Morgan fingerprint density at radius 1 is 0.886 bits per heavy atom. The van der Waals surface area contributed by atoms with E-state index in [0.717, 1.165) is 11.1 Å². The number of phenolic OH excluding ortho intramolecular Hbond substituents is 1. The molecule has 5 N–H and O–H groups in total. The number of phenols is 1. The van der Waals surface area contributed by atoms with Crippen LogP contribution in [0.25, 0.3) is 11.4 Å². The summed E-state index contributed by atoms with van der Waals surface area (Å²) < 4.78 is 0. The number of carbonyl (C=O) groups is 2. The van der Waals surface area contributed by atoms with Gasteiger partial charge >= 0.3 is 0 Å². The van der Waals surface area contributed by atoms with E-state index in [-0.39, 0.29) is 23.1 Å². The van der Waals surface area contributed by atoms with Crippen LogP contribution in [0.3, 0.4) is 0 Å².